The number of rotatable bonds is 3. The molecule has 18 heavy (non-hydrogen) atoms. The van der Waals surface area contributed by atoms with Crippen molar-refractivity contribution in [2.75, 3.05) is 13.1 Å². The quantitative estimate of drug-likeness (QED) is 0.815. The Hall–Kier alpha value is -1.85. The highest BCUT2D eigenvalue weighted by molar-refractivity contribution is 5.96. The molecule has 0 aliphatic carbocycles. The number of nitrogens with one attached hydrogen (secondary N) is 2. The Balaban J connectivity index is 2.17. The van der Waals surface area contributed by atoms with Gasteiger partial charge in [-0.05, 0) is 12.3 Å². The lowest BCUT2D eigenvalue weighted by atomic mass is 10.00. The molecule has 1 aromatic rings. The van der Waals surface area contributed by atoms with Gasteiger partial charge < -0.3 is 15.2 Å². The molecule has 0 aromatic carbocycles. The van der Waals surface area contributed by atoms with Crippen molar-refractivity contribution >= 4 is 11.8 Å². The van der Waals surface area contributed by atoms with Crippen LogP contribution in [0.2, 0.25) is 0 Å². The molecule has 6 heteroatoms. The third kappa shape index (κ3) is 2.52. The van der Waals surface area contributed by atoms with Crippen molar-refractivity contribution in [1.29, 1.82) is 0 Å². The fourth-order valence-corrected chi connectivity index (χ4v) is 2.17. The van der Waals surface area contributed by atoms with E-state index in [0.29, 0.717) is 31.1 Å². The van der Waals surface area contributed by atoms with Gasteiger partial charge in [-0.15, -0.1) is 0 Å². The molecular weight excluding hydrogens is 232 g/mol. The molecule has 0 radical (unpaired) electrons. The highest BCUT2D eigenvalue weighted by atomic mass is 16.2. The Bertz CT molecular complexity index is 427. The van der Waals surface area contributed by atoms with Gasteiger partial charge in [0.25, 0.3) is 5.91 Å². The summed E-state index contributed by atoms with van der Waals surface area (Å²) in [5, 5.41) is 2.81. The topological polar surface area (TPSA) is 78.1 Å². The van der Waals surface area contributed by atoms with E-state index in [1.54, 1.807) is 4.90 Å². The number of hydrogen-bond acceptors (Lipinski definition) is 3. The standard InChI is InChI=1S/C12H18N4O2/c1-8(2)5-10-11(17)14-3-4-16(10)12(18)9-6-13-7-15-9/h6-8,10H,3-5H2,1-2H3,(H,13,15)(H,14,17). The van der Waals surface area contributed by atoms with Crippen LogP contribution in [0.3, 0.4) is 0 Å². The molecule has 0 spiro atoms. The normalized spacial score (nSPS) is 20.1. The van der Waals surface area contributed by atoms with E-state index >= 15 is 0 Å². The largest absolute Gasteiger partial charge is 0.353 e. The Morgan fingerprint density at radius 1 is 1.61 bits per heavy atom. The van der Waals surface area contributed by atoms with Crippen LogP contribution in [0.5, 0.6) is 0 Å². The molecule has 0 bridgehead atoms. The second-order valence-corrected chi connectivity index (χ2v) is 4.90. The molecule has 1 saturated heterocycles. The van der Waals surface area contributed by atoms with Gasteiger partial charge in [-0.3, -0.25) is 9.59 Å². The van der Waals surface area contributed by atoms with E-state index in [1.807, 2.05) is 13.8 Å². The first-order valence-electron chi connectivity index (χ1n) is 6.16. The van der Waals surface area contributed by atoms with E-state index < -0.39 is 0 Å². The van der Waals surface area contributed by atoms with E-state index in [2.05, 4.69) is 15.3 Å². The summed E-state index contributed by atoms with van der Waals surface area (Å²) in [7, 11) is 0. The summed E-state index contributed by atoms with van der Waals surface area (Å²) in [6, 6.07) is -0.380. The maximum Gasteiger partial charge on any atom is 0.272 e. The van der Waals surface area contributed by atoms with Gasteiger partial charge in [0, 0.05) is 13.1 Å². The van der Waals surface area contributed by atoms with Gasteiger partial charge in [-0.25, -0.2) is 4.98 Å². The third-order valence-electron chi connectivity index (χ3n) is 3.01. The SMILES string of the molecule is CC(C)CC1C(=O)NCCN1C(=O)c1cnc[nH]1. The van der Waals surface area contributed by atoms with Gasteiger partial charge >= 0.3 is 0 Å². The number of piperazine rings is 1. The molecule has 1 fully saturated rings. The number of carbonyl (C=O) groups is 2. The maximum absolute atomic E-state index is 12.3. The van der Waals surface area contributed by atoms with Crippen molar-refractivity contribution in [2.45, 2.75) is 26.3 Å². The number of hydrogen-bond donors (Lipinski definition) is 2. The maximum atomic E-state index is 12.3. The smallest absolute Gasteiger partial charge is 0.272 e. The predicted molar refractivity (Wildman–Crippen MR) is 65.9 cm³/mol. The molecule has 0 saturated carbocycles. The molecule has 2 N–H and O–H groups in total. The van der Waals surface area contributed by atoms with Gasteiger partial charge in [0.1, 0.15) is 11.7 Å². The van der Waals surface area contributed by atoms with Crippen molar-refractivity contribution in [3.8, 4) is 0 Å². The Labute approximate surface area is 106 Å². The van der Waals surface area contributed by atoms with E-state index in [-0.39, 0.29) is 17.9 Å². The third-order valence-corrected chi connectivity index (χ3v) is 3.01. The molecular formula is C12H18N4O2. The number of nitrogens with zero attached hydrogens (tertiary/aromatic N) is 2. The van der Waals surface area contributed by atoms with Crippen LogP contribution in [0, 0.1) is 5.92 Å². The van der Waals surface area contributed by atoms with Crippen LogP contribution in [0.1, 0.15) is 30.8 Å². The van der Waals surface area contributed by atoms with Crippen molar-refractivity contribution in [3.63, 3.8) is 0 Å². The zero-order valence-corrected chi connectivity index (χ0v) is 10.6. The molecule has 1 aliphatic heterocycles. The van der Waals surface area contributed by atoms with Crippen molar-refractivity contribution in [2.24, 2.45) is 5.92 Å². The molecule has 1 aliphatic rings. The van der Waals surface area contributed by atoms with Crippen molar-refractivity contribution in [1.82, 2.24) is 20.2 Å². The Morgan fingerprint density at radius 2 is 2.39 bits per heavy atom. The van der Waals surface area contributed by atoms with Gasteiger partial charge in [0.05, 0.1) is 12.5 Å². The number of aromatic amines is 1. The van der Waals surface area contributed by atoms with Gasteiger partial charge in [0.2, 0.25) is 5.91 Å². The molecule has 2 rings (SSSR count). The number of aromatic nitrogens is 2. The summed E-state index contributed by atoms with van der Waals surface area (Å²) in [5.74, 6) is 0.131. The minimum Gasteiger partial charge on any atom is -0.353 e. The van der Waals surface area contributed by atoms with Crippen LogP contribution in [-0.4, -0.2) is 45.8 Å². The predicted octanol–water partition coefficient (Wildman–Crippen LogP) is 0.396. The van der Waals surface area contributed by atoms with E-state index in [9.17, 15) is 9.59 Å². The molecule has 1 atom stereocenters. The summed E-state index contributed by atoms with van der Waals surface area (Å²) in [4.78, 5) is 32.4. The van der Waals surface area contributed by atoms with E-state index in [0.717, 1.165) is 0 Å². The van der Waals surface area contributed by atoms with Crippen molar-refractivity contribution in [3.05, 3.63) is 18.2 Å². The zero-order valence-electron chi connectivity index (χ0n) is 10.6. The molecule has 1 aromatic heterocycles. The number of carbonyl (C=O) groups excluding carboxylic acids is 2. The van der Waals surface area contributed by atoms with Crippen LogP contribution in [-0.2, 0) is 4.79 Å². The van der Waals surface area contributed by atoms with Crippen LogP contribution >= 0.6 is 0 Å². The summed E-state index contributed by atoms with van der Waals surface area (Å²) in [5.41, 5.74) is 0.429. The van der Waals surface area contributed by atoms with E-state index in [1.165, 1.54) is 12.5 Å². The Kier molecular flexibility index (Phi) is 3.64. The highest BCUT2D eigenvalue weighted by Gasteiger charge is 2.34. The van der Waals surface area contributed by atoms with Crippen LogP contribution in [0.15, 0.2) is 12.5 Å². The molecule has 98 valence electrons. The first-order valence-corrected chi connectivity index (χ1v) is 6.16. The lowest BCUT2D eigenvalue weighted by Gasteiger charge is -2.35. The summed E-state index contributed by atoms with van der Waals surface area (Å²) in [6.07, 6.45) is 3.63. The summed E-state index contributed by atoms with van der Waals surface area (Å²) in [6.45, 7) is 5.13. The lowest BCUT2D eigenvalue weighted by molar-refractivity contribution is -0.128. The first-order chi connectivity index (χ1) is 8.59. The van der Waals surface area contributed by atoms with Gasteiger partial charge in [0.15, 0.2) is 0 Å². The van der Waals surface area contributed by atoms with Crippen molar-refractivity contribution < 1.29 is 9.59 Å². The Morgan fingerprint density at radius 3 is 3.00 bits per heavy atom. The zero-order chi connectivity index (χ0) is 13.1. The highest BCUT2D eigenvalue weighted by Crippen LogP contribution is 2.16. The van der Waals surface area contributed by atoms with Crippen LogP contribution in [0.4, 0.5) is 0 Å². The minimum atomic E-state index is -0.380. The number of imidazole rings is 1. The first kappa shape index (κ1) is 12.6. The summed E-state index contributed by atoms with van der Waals surface area (Å²) < 4.78 is 0. The second-order valence-electron chi connectivity index (χ2n) is 4.90. The van der Waals surface area contributed by atoms with Crippen LogP contribution in [0.25, 0.3) is 0 Å². The summed E-state index contributed by atoms with van der Waals surface area (Å²) >= 11 is 0. The average molecular weight is 250 g/mol. The molecule has 1 unspecified atom stereocenters. The second kappa shape index (κ2) is 5.20. The molecule has 2 amide bonds. The monoisotopic (exact) mass is 250 g/mol. The van der Waals surface area contributed by atoms with E-state index in [4.69, 9.17) is 0 Å². The minimum absolute atomic E-state index is 0.0668. The molecule has 2 heterocycles. The molecule has 6 nitrogen and oxygen atoms in total. The number of H-pyrrole nitrogens is 1. The number of amides is 2. The van der Waals surface area contributed by atoms with Gasteiger partial charge in [-0.2, -0.15) is 0 Å². The van der Waals surface area contributed by atoms with Crippen LogP contribution < -0.4 is 5.32 Å². The fraction of sp³-hybridized carbons (Fsp3) is 0.583. The average Bonchev–Trinajstić information content (AvgIpc) is 2.84. The van der Waals surface area contributed by atoms with Gasteiger partial charge in [-0.1, -0.05) is 13.8 Å². The fourth-order valence-electron chi connectivity index (χ4n) is 2.17. The lowest BCUT2D eigenvalue weighted by Crippen LogP contribution is -2.57.